The first kappa shape index (κ1) is 27.1. The average molecular weight is 525 g/mol. The number of nitriles is 1. The summed E-state index contributed by atoms with van der Waals surface area (Å²) in [5, 5.41) is 9.00. The molecular weight excluding hydrogens is 497 g/mol. The number of alkyl halides is 3. The summed E-state index contributed by atoms with van der Waals surface area (Å²) in [6, 6.07) is 13.5. The van der Waals surface area contributed by atoms with Gasteiger partial charge >= 0.3 is 6.18 Å². The molecule has 38 heavy (non-hydrogen) atoms. The smallest absolute Gasteiger partial charge is 0.336 e. The Kier molecular flexibility index (Phi) is 7.97. The number of halogens is 3. The number of hydrogen-bond acceptors (Lipinski definition) is 5. The molecular formula is C28H27F3N4O3. The number of benzene rings is 2. The number of amides is 3. The summed E-state index contributed by atoms with van der Waals surface area (Å²) in [7, 11) is 0. The maximum Gasteiger partial charge on any atom is 0.417 e. The maximum absolute atomic E-state index is 13.4. The van der Waals surface area contributed by atoms with Gasteiger partial charge in [-0.15, -0.1) is 0 Å². The van der Waals surface area contributed by atoms with Gasteiger partial charge < -0.3 is 4.90 Å². The summed E-state index contributed by atoms with van der Waals surface area (Å²) in [5.41, 5.74) is -0.772. The molecule has 1 fully saturated rings. The van der Waals surface area contributed by atoms with Crippen molar-refractivity contribution in [3.8, 4) is 6.07 Å². The summed E-state index contributed by atoms with van der Waals surface area (Å²) < 4.78 is 40.1. The third-order valence-corrected chi connectivity index (χ3v) is 6.96. The van der Waals surface area contributed by atoms with Crippen LogP contribution in [0.25, 0.3) is 0 Å². The van der Waals surface area contributed by atoms with Crippen LogP contribution in [0.4, 0.5) is 18.9 Å². The fourth-order valence-electron chi connectivity index (χ4n) is 4.79. The molecule has 0 N–H and O–H groups in total. The van der Waals surface area contributed by atoms with Gasteiger partial charge in [-0.05, 0) is 63.1 Å². The van der Waals surface area contributed by atoms with Crippen LogP contribution < -0.4 is 4.90 Å². The molecule has 2 aromatic carbocycles. The van der Waals surface area contributed by atoms with Crippen molar-refractivity contribution in [1.29, 1.82) is 5.26 Å². The van der Waals surface area contributed by atoms with Crippen molar-refractivity contribution in [2.45, 2.75) is 32.4 Å². The van der Waals surface area contributed by atoms with Crippen LogP contribution in [0, 0.1) is 11.3 Å². The van der Waals surface area contributed by atoms with E-state index in [2.05, 4.69) is 4.90 Å². The highest BCUT2D eigenvalue weighted by Crippen LogP contribution is 2.36. The molecule has 2 aliphatic heterocycles. The van der Waals surface area contributed by atoms with E-state index in [1.165, 1.54) is 19.1 Å². The van der Waals surface area contributed by atoms with Crippen LogP contribution in [0.1, 0.15) is 47.7 Å². The van der Waals surface area contributed by atoms with E-state index in [1.54, 1.807) is 12.1 Å². The third-order valence-electron chi connectivity index (χ3n) is 6.96. The van der Waals surface area contributed by atoms with Crippen molar-refractivity contribution >= 4 is 23.4 Å². The summed E-state index contributed by atoms with van der Waals surface area (Å²) in [4.78, 5) is 43.2. The number of carbonyl (C=O) groups is 3. The van der Waals surface area contributed by atoms with Crippen LogP contribution in [0.2, 0.25) is 0 Å². The Morgan fingerprint density at radius 1 is 0.974 bits per heavy atom. The topological polar surface area (TPSA) is 84.7 Å². The molecule has 0 aliphatic carbocycles. The van der Waals surface area contributed by atoms with Crippen molar-refractivity contribution < 1.29 is 27.6 Å². The van der Waals surface area contributed by atoms with Gasteiger partial charge in [0.2, 0.25) is 0 Å². The van der Waals surface area contributed by atoms with E-state index in [9.17, 15) is 27.6 Å². The first-order valence-corrected chi connectivity index (χ1v) is 12.4. The van der Waals surface area contributed by atoms with E-state index in [0.29, 0.717) is 43.1 Å². The monoisotopic (exact) mass is 524 g/mol. The molecule has 2 aromatic rings. The zero-order chi connectivity index (χ0) is 27.4. The summed E-state index contributed by atoms with van der Waals surface area (Å²) >= 11 is 0. The molecule has 10 heteroatoms. The first-order valence-electron chi connectivity index (χ1n) is 12.4. The third kappa shape index (κ3) is 5.63. The second kappa shape index (κ2) is 11.2. The number of rotatable bonds is 7. The number of imide groups is 1. The lowest BCUT2D eigenvalue weighted by Crippen LogP contribution is -2.48. The first-order chi connectivity index (χ1) is 18.1. The van der Waals surface area contributed by atoms with E-state index < -0.39 is 29.1 Å². The summed E-state index contributed by atoms with van der Waals surface area (Å²) in [6.07, 6.45) is -3.07. The maximum atomic E-state index is 13.4. The normalized spacial score (nSPS) is 16.8. The minimum Gasteiger partial charge on any atom is -0.336 e. The molecule has 0 radical (unpaired) electrons. The van der Waals surface area contributed by atoms with Crippen molar-refractivity contribution in [2.75, 3.05) is 37.6 Å². The number of anilines is 1. The van der Waals surface area contributed by atoms with Crippen LogP contribution >= 0.6 is 0 Å². The lowest BCUT2D eigenvalue weighted by atomic mass is 10.0. The van der Waals surface area contributed by atoms with Crippen LogP contribution in [0.15, 0.2) is 59.7 Å². The van der Waals surface area contributed by atoms with Crippen molar-refractivity contribution in [3.05, 3.63) is 76.4 Å². The summed E-state index contributed by atoms with van der Waals surface area (Å²) in [6.45, 7) is 5.02. The molecule has 0 aromatic heterocycles. The van der Waals surface area contributed by atoms with Crippen molar-refractivity contribution in [1.82, 2.24) is 9.80 Å². The second-order valence-corrected chi connectivity index (χ2v) is 9.35. The standard InChI is InChI=1S/C28H27F3N4O3/c1-19-23(27(38)35(25(19)36)22-11-10-21(18-32)24(17-22)28(29,30)31)9-5-6-12-33-13-15-34(16-14-33)26(37)20-7-3-2-4-8-20/h2-4,7-8,10-11,17H,5-6,9,12-16H2,1H3. The Bertz CT molecular complexity index is 1310. The van der Waals surface area contributed by atoms with Gasteiger partial charge in [-0.2, -0.15) is 18.4 Å². The lowest BCUT2D eigenvalue weighted by molar-refractivity contribution is -0.138. The molecule has 0 atom stereocenters. The Balaban J connectivity index is 1.29. The van der Waals surface area contributed by atoms with Crippen LogP contribution in [-0.4, -0.2) is 60.2 Å². The minimum absolute atomic E-state index is 0.0197. The Hall–Kier alpha value is -3.97. The number of piperazine rings is 1. The van der Waals surface area contributed by atoms with Gasteiger partial charge in [0.15, 0.2) is 0 Å². The van der Waals surface area contributed by atoms with E-state index in [4.69, 9.17) is 5.26 Å². The molecule has 198 valence electrons. The quantitative estimate of drug-likeness (QED) is 0.396. The average Bonchev–Trinajstić information content (AvgIpc) is 3.13. The van der Waals surface area contributed by atoms with Crippen molar-refractivity contribution in [3.63, 3.8) is 0 Å². The fraction of sp³-hybridized carbons (Fsp3) is 0.357. The largest absolute Gasteiger partial charge is 0.417 e. The number of nitrogens with zero attached hydrogens (tertiary/aromatic N) is 4. The van der Waals surface area contributed by atoms with Gasteiger partial charge in [0.25, 0.3) is 17.7 Å². The molecule has 1 saturated heterocycles. The van der Waals surface area contributed by atoms with Gasteiger partial charge in [0.05, 0.1) is 22.9 Å². The van der Waals surface area contributed by atoms with E-state index in [0.717, 1.165) is 37.0 Å². The zero-order valence-electron chi connectivity index (χ0n) is 20.9. The predicted molar refractivity (Wildman–Crippen MR) is 134 cm³/mol. The highest BCUT2D eigenvalue weighted by Gasteiger charge is 2.39. The Labute approximate surface area is 218 Å². The molecule has 0 spiro atoms. The molecule has 0 saturated carbocycles. The van der Waals surface area contributed by atoms with Crippen LogP contribution in [0.5, 0.6) is 0 Å². The molecule has 2 aliphatic rings. The Morgan fingerprint density at radius 2 is 1.66 bits per heavy atom. The van der Waals surface area contributed by atoms with Crippen LogP contribution in [0.3, 0.4) is 0 Å². The molecule has 0 unspecified atom stereocenters. The van der Waals surface area contributed by atoms with E-state index >= 15 is 0 Å². The Morgan fingerprint density at radius 3 is 2.29 bits per heavy atom. The molecule has 2 heterocycles. The molecule has 7 nitrogen and oxygen atoms in total. The van der Waals surface area contributed by atoms with E-state index in [1.807, 2.05) is 23.1 Å². The lowest BCUT2D eigenvalue weighted by Gasteiger charge is -2.34. The fourth-order valence-corrected chi connectivity index (χ4v) is 4.79. The number of unbranched alkanes of at least 4 members (excludes halogenated alkanes) is 1. The minimum atomic E-state index is -4.79. The molecule has 3 amide bonds. The SMILES string of the molecule is CC1=C(CCCCN2CCN(C(=O)c3ccccc3)CC2)C(=O)N(c2ccc(C#N)c(C(F)(F)F)c2)C1=O. The highest BCUT2D eigenvalue weighted by molar-refractivity contribution is 6.32. The van der Waals surface area contributed by atoms with E-state index in [-0.39, 0.29) is 17.2 Å². The van der Waals surface area contributed by atoms with Gasteiger partial charge in [-0.25, -0.2) is 4.90 Å². The van der Waals surface area contributed by atoms with Gasteiger partial charge in [-0.1, -0.05) is 18.2 Å². The number of hydrogen-bond donors (Lipinski definition) is 0. The number of carbonyl (C=O) groups excluding carboxylic acids is 3. The highest BCUT2D eigenvalue weighted by atomic mass is 19.4. The molecule has 0 bridgehead atoms. The molecule has 4 rings (SSSR count). The van der Waals surface area contributed by atoms with Gasteiger partial charge in [0, 0.05) is 42.9 Å². The van der Waals surface area contributed by atoms with Crippen LogP contribution in [-0.2, 0) is 15.8 Å². The van der Waals surface area contributed by atoms with Gasteiger partial charge in [0.1, 0.15) is 0 Å². The second-order valence-electron chi connectivity index (χ2n) is 9.35. The zero-order valence-corrected chi connectivity index (χ0v) is 20.9. The summed E-state index contributed by atoms with van der Waals surface area (Å²) in [5.74, 6) is -1.26. The predicted octanol–water partition coefficient (Wildman–Crippen LogP) is 4.40. The van der Waals surface area contributed by atoms with Gasteiger partial charge in [-0.3, -0.25) is 19.3 Å². The van der Waals surface area contributed by atoms with Crippen molar-refractivity contribution in [2.24, 2.45) is 0 Å².